The van der Waals surface area contributed by atoms with Gasteiger partial charge in [0.05, 0.1) is 16.6 Å². The maximum Gasteiger partial charge on any atom is 0.197 e. The molecular weight excluding hydrogens is 318 g/mol. The molecule has 0 saturated carbocycles. The van der Waals surface area contributed by atoms with Gasteiger partial charge < -0.3 is 0 Å². The van der Waals surface area contributed by atoms with Crippen LogP contribution in [0.2, 0.25) is 0 Å². The van der Waals surface area contributed by atoms with Gasteiger partial charge in [0.1, 0.15) is 5.01 Å². The molecule has 1 atom stereocenters. The van der Waals surface area contributed by atoms with Crippen molar-refractivity contribution in [3.8, 4) is 16.6 Å². The van der Waals surface area contributed by atoms with Gasteiger partial charge in [-0.15, -0.1) is 11.3 Å². The van der Waals surface area contributed by atoms with Gasteiger partial charge in [-0.25, -0.2) is 4.98 Å². The van der Waals surface area contributed by atoms with Crippen LogP contribution in [0.4, 0.5) is 0 Å². The summed E-state index contributed by atoms with van der Waals surface area (Å²) in [7, 11) is 0. The van der Waals surface area contributed by atoms with E-state index in [1.165, 1.54) is 16.9 Å². The number of ketones is 1. The SMILES string of the molecule is Cc1ccc(-c2ncc(C(=O)C(C#N)c3ccccn3)s2)c(C)c1. The first-order valence-electron chi connectivity index (χ1n) is 7.48. The molecule has 0 aliphatic heterocycles. The highest BCUT2D eigenvalue weighted by molar-refractivity contribution is 7.17. The molecule has 118 valence electrons. The van der Waals surface area contributed by atoms with Crippen LogP contribution in [-0.4, -0.2) is 15.8 Å². The molecule has 1 aromatic carbocycles. The van der Waals surface area contributed by atoms with Crippen molar-refractivity contribution in [1.29, 1.82) is 5.26 Å². The average molecular weight is 333 g/mol. The Balaban J connectivity index is 1.92. The number of hydrogen-bond donors (Lipinski definition) is 0. The molecule has 0 aliphatic carbocycles. The molecule has 4 nitrogen and oxygen atoms in total. The van der Waals surface area contributed by atoms with Crippen LogP contribution in [-0.2, 0) is 0 Å². The minimum absolute atomic E-state index is 0.260. The molecule has 0 amide bonds. The van der Waals surface area contributed by atoms with Crippen LogP contribution in [0.5, 0.6) is 0 Å². The lowest BCUT2D eigenvalue weighted by atomic mass is 10.0. The summed E-state index contributed by atoms with van der Waals surface area (Å²) in [6.45, 7) is 4.06. The first-order chi connectivity index (χ1) is 11.6. The third kappa shape index (κ3) is 3.10. The number of aromatic nitrogens is 2. The predicted molar refractivity (Wildman–Crippen MR) is 93.9 cm³/mol. The average Bonchev–Trinajstić information content (AvgIpc) is 3.06. The van der Waals surface area contributed by atoms with Crippen LogP contribution < -0.4 is 0 Å². The maximum atomic E-state index is 12.7. The molecule has 2 heterocycles. The second-order valence-electron chi connectivity index (χ2n) is 5.53. The molecule has 0 saturated heterocycles. The Bertz CT molecular complexity index is 925. The first-order valence-corrected chi connectivity index (χ1v) is 8.30. The van der Waals surface area contributed by atoms with Crippen molar-refractivity contribution in [2.45, 2.75) is 19.8 Å². The second-order valence-corrected chi connectivity index (χ2v) is 6.56. The van der Waals surface area contributed by atoms with Gasteiger partial charge in [0.2, 0.25) is 0 Å². The molecule has 0 bridgehead atoms. The van der Waals surface area contributed by atoms with E-state index in [1.807, 2.05) is 26.0 Å². The summed E-state index contributed by atoms with van der Waals surface area (Å²) in [5.74, 6) is -1.16. The van der Waals surface area contributed by atoms with E-state index in [1.54, 1.807) is 30.6 Å². The van der Waals surface area contributed by atoms with Gasteiger partial charge in [-0.3, -0.25) is 9.78 Å². The smallest absolute Gasteiger partial charge is 0.197 e. The molecule has 0 radical (unpaired) electrons. The third-order valence-corrected chi connectivity index (χ3v) is 4.78. The number of nitriles is 1. The fourth-order valence-electron chi connectivity index (χ4n) is 2.51. The van der Waals surface area contributed by atoms with Crippen molar-refractivity contribution in [3.05, 3.63) is 70.5 Å². The van der Waals surface area contributed by atoms with Gasteiger partial charge >= 0.3 is 0 Å². The fourth-order valence-corrected chi connectivity index (χ4v) is 3.49. The lowest BCUT2D eigenvalue weighted by Gasteiger charge is -2.05. The van der Waals surface area contributed by atoms with Crippen LogP contribution >= 0.6 is 11.3 Å². The van der Waals surface area contributed by atoms with E-state index in [0.29, 0.717) is 10.6 Å². The highest BCUT2D eigenvalue weighted by Gasteiger charge is 2.25. The minimum atomic E-state index is -0.904. The second kappa shape index (κ2) is 6.73. The van der Waals surface area contributed by atoms with Crippen molar-refractivity contribution < 1.29 is 4.79 Å². The standard InChI is InChI=1S/C19H15N3OS/c1-12-6-7-14(13(2)9-12)19-22-11-17(24-19)18(23)15(10-20)16-5-3-4-8-21-16/h3-9,11,15H,1-2H3. The highest BCUT2D eigenvalue weighted by Crippen LogP contribution is 2.30. The molecule has 2 aromatic heterocycles. The molecule has 3 aromatic rings. The van der Waals surface area contributed by atoms with Gasteiger partial charge in [-0.05, 0) is 31.5 Å². The number of nitrogens with zero attached hydrogens (tertiary/aromatic N) is 3. The number of hydrogen-bond acceptors (Lipinski definition) is 5. The summed E-state index contributed by atoms with van der Waals surface area (Å²) < 4.78 is 0. The number of Topliss-reactive ketones (excluding diaryl/α,β-unsaturated/α-hetero) is 1. The summed E-state index contributed by atoms with van der Waals surface area (Å²) in [5, 5.41) is 10.2. The number of benzene rings is 1. The molecule has 0 aliphatic rings. The van der Waals surface area contributed by atoms with E-state index in [2.05, 4.69) is 22.1 Å². The van der Waals surface area contributed by atoms with Crippen LogP contribution in [0.1, 0.15) is 32.4 Å². The third-order valence-electron chi connectivity index (χ3n) is 3.74. The van der Waals surface area contributed by atoms with Crippen LogP contribution in [0.3, 0.4) is 0 Å². The van der Waals surface area contributed by atoms with E-state index in [9.17, 15) is 10.1 Å². The van der Waals surface area contributed by atoms with Gasteiger partial charge in [-0.1, -0.05) is 29.8 Å². The van der Waals surface area contributed by atoms with Crippen molar-refractivity contribution in [2.75, 3.05) is 0 Å². The molecule has 24 heavy (non-hydrogen) atoms. The lowest BCUT2D eigenvalue weighted by molar-refractivity contribution is 0.0981. The Labute approximate surface area is 144 Å². The Morgan fingerprint density at radius 3 is 2.71 bits per heavy atom. The Morgan fingerprint density at radius 2 is 2.04 bits per heavy atom. The van der Waals surface area contributed by atoms with E-state index in [4.69, 9.17) is 0 Å². The quantitative estimate of drug-likeness (QED) is 0.667. The van der Waals surface area contributed by atoms with Crippen LogP contribution in [0, 0.1) is 25.2 Å². The van der Waals surface area contributed by atoms with Gasteiger partial charge in [-0.2, -0.15) is 5.26 Å². The number of aryl methyl sites for hydroxylation is 2. The van der Waals surface area contributed by atoms with E-state index >= 15 is 0 Å². The largest absolute Gasteiger partial charge is 0.291 e. The van der Waals surface area contributed by atoms with Crippen molar-refractivity contribution in [2.24, 2.45) is 0 Å². The molecule has 0 N–H and O–H groups in total. The fraction of sp³-hybridized carbons (Fsp3) is 0.158. The zero-order valence-corrected chi connectivity index (χ0v) is 14.2. The maximum absolute atomic E-state index is 12.7. The molecule has 5 heteroatoms. The van der Waals surface area contributed by atoms with Crippen LogP contribution in [0.15, 0.2) is 48.8 Å². The van der Waals surface area contributed by atoms with Gasteiger partial charge in [0, 0.05) is 18.0 Å². The van der Waals surface area contributed by atoms with Gasteiger partial charge in [0.25, 0.3) is 0 Å². The Kier molecular flexibility index (Phi) is 4.50. The predicted octanol–water partition coefficient (Wildman–Crippen LogP) is 4.31. The van der Waals surface area contributed by atoms with Crippen molar-refractivity contribution in [1.82, 2.24) is 9.97 Å². The first kappa shape index (κ1) is 16.0. The van der Waals surface area contributed by atoms with E-state index in [-0.39, 0.29) is 5.78 Å². The monoisotopic (exact) mass is 333 g/mol. The zero-order chi connectivity index (χ0) is 17.1. The number of thiazole rings is 1. The summed E-state index contributed by atoms with van der Waals surface area (Å²) >= 11 is 1.31. The summed E-state index contributed by atoms with van der Waals surface area (Å²) in [6.07, 6.45) is 3.13. The number of carbonyl (C=O) groups excluding carboxylic acids is 1. The van der Waals surface area contributed by atoms with E-state index < -0.39 is 5.92 Å². The molecule has 0 spiro atoms. The normalized spacial score (nSPS) is 11.7. The summed E-state index contributed by atoms with van der Waals surface area (Å²) in [6, 6.07) is 13.4. The van der Waals surface area contributed by atoms with E-state index in [0.717, 1.165) is 16.1 Å². The zero-order valence-electron chi connectivity index (χ0n) is 13.4. The Hall–Kier alpha value is -2.84. The lowest BCUT2D eigenvalue weighted by Crippen LogP contribution is -2.11. The number of pyridine rings is 1. The summed E-state index contributed by atoms with van der Waals surface area (Å²) in [4.78, 5) is 21.6. The molecule has 0 fully saturated rings. The summed E-state index contributed by atoms with van der Waals surface area (Å²) in [5.41, 5.74) is 3.77. The topological polar surface area (TPSA) is 66.6 Å². The van der Waals surface area contributed by atoms with Crippen molar-refractivity contribution >= 4 is 17.1 Å². The Morgan fingerprint density at radius 1 is 1.21 bits per heavy atom. The van der Waals surface area contributed by atoms with Crippen molar-refractivity contribution in [3.63, 3.8) is 0 Å². The van der Waals surface area contributed by atoms with Crippen LogP contribution in [0.25, 0.3) is 10.6 Å². The molecular formula is C19H15N3OS. The van der Waals surface area contributed by atoms with Gasteiger partial charge in [0.15, 0.2) is 11.7 Å². The molecule has 3 rings (SSSR count). The number of rotatable bonds is 4. The number of carbonyl (C=O) groups is 1. The highest BCUT2D eigenvalue weighted by atomic mass is 32.1. The minimum Gasteiger partial charge on any atom is -0.291 e. The molecule has 1 unspecified atom stereocenters.